The molecule has 2 aromatic rings. The second kappa shape index (κ2) is 9.03. The van der Waals surface area contributed by atoms with Crippen LogP contribution in [-0.4, -0.2) is 47.9 Å². The Bertz CT molecular complexity index is 864. The van der Waals surface area contributed by atoms with Gasteiger partial charge in [0.05, 0.1) is 24.6 Å². The first kappa shape index (κ1) is 20.1. The molecule has 0 aromatic heterocycles. The van der Waals surface area contributed by atoms with Gasteiger partial charge in [-0.25, -0.2) is 0 Å². The predicted octanol–water partition coefficient (Wildman–Crippen LogP) is 4.22. The van der Waals surface area contributed by atoms with E-state index in [4.69, 9.17) is 16.3 Å². The van der Waals surface area contributed by atoms with Crippen LogP contribution in [0, 0.1) is 10.1 Å². The summed E-state index contributed by atoms with van der Waals surface area (Å²) in [6.45, 7) is 2.46. The number of benzene rings is 2. The summed E-state index contributed by atoms with van der Waals surface area (Å²) >= 11 is 5.94. The molecule has 1 atom stereocenters. The van der Waals surface area contributed by atoms with E-state index in [2.05, 4.69) is 9.89 Å². The Hall–Kier alpha value is -2.64. The van der Waals surface area contributed by atoms with E-state index in [9.17, 15) is 15.2 Å². The zero-order chi connectivity index (χ0) is 20.1. The highest BCUT2D eigenvalue weighted by atomic mass is 35.5. The third-order valence-corrected chi connectivity index (χ3v) is 5.09. The Balaban J connectivity index is 1.82. The maximum Gasteiger partial charge on any atom is 0.312 e. The molecule has 1 aliphatic rings. The zero-order valence-corrected chi connectivity index (χ0v) is 16.3. The van der Waals surface area contributed by atoms with E-state index in [0.717, 1.165) is 43.3 Å². The third-order valence-electron chi connectivity index (χ3n) is 4.87. The van der Waals surface area contributed by atoms with Crippen molar-refractivity contribution in [3.8, 4) is 11.5 Å². The second-order valence-corrected chi connectivity index (χ2v) is 7.08. The minimum Gasteiger partial charge on any atom is -0.502 e. The molecule has 0 amide bonds. The van der Waals surface area contributed by atoms with Crippen molar-refractivity contribution in [3.05, 3.63) is 62.7 Å². The molecule has 148 valence electrons. The van der Waals surface area contributed by atoms with Gasteiger partial charge in [0.2, 0.25) is 5.75 Å². The number of ether oxygens (including phenoxy) is 1. The lowest BCUT2D eigenvalue weighted by Gasteiger charge is -2.26. The summed E-state index contributed by atoms with van der Waals surface area (Å²) in [4.78, 5) is 17.2. The molecule has 1 heterocycles. The van der Waals surface area contributed by atoms with Gasteiger partial charge in [0, 0.05) is 22.9 Å². The zero-order valence-electron chi connectivity index (χ0n) is 15.5. The largest absolute Gasteiger partial charge is 0.502 e. The van der Waals surface area contributed by atoms with Crippen LogP contribution in [-0.2, 0) is 0 Å². The smallest absolute Gasteiger partial charge is 0.312 e. The Morgan fingerprint density at radius 1 is 1.32 bits per heavy atom. The average molecular weight is 404 g/mol. The van der Waals surface area contributed by atoms with Crippen molar-refractivity contribution in [2.75, 3.05) is 26.7 Å². The van der Waals surface area contributed by atoms with Crippen LogP contribution in [0.1, 0.15) is 30.0 Å². The topological polar surface area (TPSA) is 88.2 Å². The van der Waals surface area contributed by atoms with Crippen LogP contribution in [0.15, 0.2) is 41.4 Å². The number of rotatable bonds is 7. The van der Waals surface area contributed by atoms with E-state index in [1.165, 1.54) is 12.3 Å². The molecule has 0 unspecified atom stereocenters. The number of phenols is 1. The average Bonchev–Trinajstić information content (AvgIpc) is 3.22. The molecule has 0 spiro atoms. The van der Waals surface area contributed by atoms with Crippen LogP contribution in [0.4, 0.5) is 5.69 Å². The number of nitrogens with zero attached hydrogens (tertiary/aromatic N) is 3. The van der Waals surface area contributed by atoms with Crippen LogP contribution < -0.4 is 4.74 Å². The summed E-state index contributed by atoms with van der Waals surface area (Å²) in [5.74, 6) is 0.365. The number of halogens is 1. The van der Waals surface area contributed by atoms with Gasteiger partial charge in [-0.05, 0) is 49.7 Å². The lowest BCUT2D eigenvalue weighted by molar-refractivity contribution is -0.385. The molecule has 1 saturated heterocycles. The Morgan fingerprint density at radius 2 is 2.00 bits per heavy atom. The quantitative estimate of drug-likeness (QED) is 0.425. The number of aliphatic imine (C=N–C) groups is 1. The lowest BCUT2D eigenvalue weighted by Crippen LogP contribution is -2.27. The molecule has 1 aliphatic heterocycles. The number of methoxy groups -OCH3 is 1. The first-order valence-corrected chi connectivity index (χ1v) is 9.42. The van der Waals surface area contributed by atoms with E-state index < -0.39 is 16.4 Å². The molecule has 1 N–H and O–H groups in total. The van der Waals surface area contributed by atoms with Crippen molar-refractivity contribution in [1.82, 2.24) is 4.90 Å². The molecule has 7 nitrogen and oxygen atoms in total. The highest BCUT2D eigenvalue weighted by molar-refractivity contribution is 6.31. The number of hydrogen-bond acceptors (Lipinski definition) is 6. The van der Waals surface area contributed by atoms with Crippen LogP contribution >= 0.6 is 11.6 Å². The standard InChI is InChI=1S/C20H22ClN3O4/c1-28-17-6-4-14(5-7-17)19(23-8-2-3-9-23)13-22-12-15-10-16(21)11-18(20(15)25)24(26)27/h4-7,10-12,19,25H,2-3,8-9,13H2,1H3/t19-/m1/s1. The molecule has 2 aromatic carbocycles. The first-order valence-electron chi connectivity index (χ1n) is 9.04. The van der Waals surface area contributed by atoms with Crippen molar-refractivity contribution >= 4 is 23.5 Å². The monoisotopic (exact) mass is 403 g/mol. The molecule has 0 aliphatic carbocycles. The highest BCUT2D eigenvalue weighted by Crippen LogP contribution is 2.32. The Labute approximate surface area is 168 Å². The Morgan fingerprint density at radius 3 is 2.61 bits per heavy atom. The predicted molar refractivity (Wildman–Crippen MR) is 109 cm³/mol. The van der Waals surface area contributed by atoms with Crippen molar-refractivity contribution < 1.29 is 14.8 Å². The van der Waals surface area contributed by atoms with E-state index >= 15 is 0 Å². The fourth-order valence-corrected chi connectivity index (χ4v) is 3.63. The summed E-state index contributed by atoms with van der Waals surface area (Å²) in [5, 5.41) is 21.3. The number of nitro benzene ring substituents is 1. The van der Waals surface area contributed by atoms with Gasteiger partial charge >= 0.3 is 5.69 Å². The number of phenolic OH excluding ortho intramolecular Hbond substituents is 1. The minimum absolute atomic E-state index is 0.0842. The summed E-state index contributed by atoms with van der Waals surface area (Å²) in [6, 6.07) is 10.6. The maximum atomic E-state index is 11.0. The summed E-state index contributed by atoms with van der Waals surface area (Å²) < 4.78 is 5.23. The van der Waals surface area contributed by atoms with Crippen molar-refractivity contribution in [1.29, 1.82) is 0 Å². The van der Waals surface area contributed by atoms with Crippen LogP contribution in [0.25, 0.3) is 0 Å². The van der Waals surface area contributed by atoms with Crippen molar-refractivity contribution in [2.24, 2.45) is 4.99 Å². The minimum atomic E-state index is -0.664. The fraction of sp³-hybridized carbons (Fsp3) is 0.350. The number of likely N-dealkylation sites (tertiary alicyclic amines) is 1. The van der Waals surface area contributed by atoms with Gasteiger partial charge < -0.3 is 9.84 Å². The van der Waals surface area contributed by atoms with Gasteiger partial charge in [0.25, 0.3) is 0 Å². The fourth-order valence-electron chi connectivity index (χ4n) is 3.40. The van der Waals surface area contributed by atoms with Gasteiger partial charge in [-0.1, -0.05) is 23.7 Å². The van der Waals surface area contributed by atoms with Gasteiger partial charge in [-0.3, -0.25) is 20.0 Å². The van der Waals surface area contributed by atoms with Crippen molar-refractivity contribution in [3.63, 3.8) is 0 Å². The molecular weight excluding hydrogens is 382 g/mol. The molecule has 28 heavy (non-hydrogen) atoms. The number of nitro groups is 1. The van der Waals surface area contributed by atoms with E-state index in [-0.39, 0.29) is 16.6 Å². The molecule has 0 bridgehead atoms. The Kier molecular flexibility index (Phi) is 6.49. The molecular formula is C20H22ClN3O4. The molecule has 0 saturated carbocycles. The SMILES string of the molecule is COc1ccc([C@@H](CN=Cc2cc(Cl)cc([N+](=O)[O-])c2O)N2CCCC2)cc1. The molecule has 8 heteroatoms. The molecule has 0 radical (unpaired) electrons. The normalized spacial score (nSPS) is 15.8. The van der Waals surface area contributed by atoms with Gasteiger partial charge in [0.1, 0.15) is 5.75 Å². The van der Waals surface area contributed by atoms with E-state index in [1.54, 1.807) is 7.11 Å². The summed E-state index contributed by atoms with van der Waals surface area (Å²) in [7, 11) is 1.63. The maximum absolute atomic E-state index is 11.0. The molecule has 3 rings (SSSR count). The summed E-state index contributed by atoms with van der Waals surface area (Å²) in [5.41, 5.74) is 0.926. The number of hydrogen-bond donors (Lipinski definition) is 1. The first-order chi connectivity index (χ1) is 13.5. The lowest BCUT2D eigenvalue weighted by atomic mass is 10.1. The van der Waals surface area contributed by atoms with Gasteiger partial charge in [-0.2, -0.15) is 0 Å². The summed E-state index contributed by atoms with van der Waals surface area (Å²) in [6.07, 6.45) is 3.75. The second-order valence-electron chi connectivity index (χ2n) is 6.65. The van der Waals surface area contributed by atoms with Crippen molar-refractivity contribution in [2.45, 2.75) is 18.9 Å². The van der Waals surface area contributed by atoms with Crippen LogP contribution in [0.5, 0.6) is 11.5 Å². The van der Waals surface area contributed by atoms with Gasteiger partial charge in [-0.15, -0.1) is 0 Å². The van der Waals surface area contributed by atoms with Crippen LogP contribution in [0.3, 0.4) is 0 Å². The van der Waals surface area contributed by atoms with Crippen LogP contribution in [0.2, 0.25) is 5.02 Å². The van der Waals surface area contributed by atoms with Gasteiger partial charge in [0.15, 0.2) is 0 Å². The van der Waals surface area contributed by atoms with E-state index in [0.29, 0.717) is 6.54 Å². The number of aromatic hydroxyl groups is 1. The van der Waals surface area contributed by atoms with E-state index in [1.807, 2.05) is 24.3 Å². The molecule has 1 fully saturated rings. The third kappa shape index (κ3) is 4.61. The highest BCUT2D eigenvalue weighted by Gasteiger charge is 2.23.